The Hall–Kier alpha value is -1.44. The highest BCUT2D eigenvalue weighted by Gasteiger charge is 2.27. The molecule has 0 spiro atoms. The lowest BCUT2D eigenvalue weighted by Crippen LogP contribution is -2.35. The fraction of sp³-hybridized carbons (Fsp3) is 0.533. The zero-order chi connectivity index (χ0) is 16.2. The molecular formula is C15H22N2O4S. The van der Waals surface area contributed by atoms with Gasteiger partial charge < -0.3 is 0 Å². The van der Waals surface area contributed by atoms with E-state index in [0.29, 0.717) is 30.8 Å². The van der Waals surface area contributed by atoms with Crippen LogP contribution in [0.4, 0.5) is 0 Å². The standard InChI is InChI=1S/C15H22N2O4S/c1-3-21-16-15(18)14-11-13(8-7-12(14)2)22(19,20)17-9-5-4-6-10-17/h7-8,11H,3-6,9-10H2,1-2H3,(H,16,18). The first-order valence-corrected chi connectivity index (χ1v) is 8.93. The van der Waals surface area contributed by atoms with Gasteiger partial charge in [-0.2, -0.15) is 4.31 Å². The van der Waals surface area contributed by atoms with E-state index >= 15 is 0 Å². The third-order valence-corrected chi connectivity index (χ3v) is 5.61. The molecule has 1 amide bonds. The van der Waals surface area contributed by atoms with Crippen LogP contribution in [0.1, 0.15) is 42.1 Å². The molecule has 0 bridgehead atoms. The summed E-state index contributed by atoms with van der Waals surface area (Å²) in [5, 5.41) is 0. The van der Waals surface area contributed by atoms with E-state index in [2.05, 4.69) is 5.48 Å². The SMILES string of the molecule is CCONC(=O)c1cc(S(=O)(=O)N2CCCCC2)ccc1C. The zero-order valence-corrected chi connectivity index (χ0v) is 13.8. The number of piperidine rings is 1. The Morgan fingerprint density at radius 1 is 1.27 bits per heavy atom. The van der Waals surface area contributed by atoms with Crippen molar-refractivity contribution in [2.45, 2.75) is 38.0 Å². The van der Waals surface area contributed by atoms with Gasteiger partial charge in [-0.1, -0.05) is 12.5 Å². The number of nitrogens with zero attached hydrogens (tertiary/aromatic N) is 1. The second kappa shape index (κ2) is 7.21. The summed E-state index contributed by atoms with van der Waals surface area (Å²) in [4.78, 5) is 17.1. The summed E-state index contributed by atoms with van der Waals surface area (Å²) in [6.07, 6.45) is 2.81. The molecule has 1 aromatic carbocycles. The Morgan fingerprint density at radius 3 is 2.59 bits per heavy atom. The molecule has 122 valence electrons. The van der Waals surface area contributed by atoms with Crippen LogP contribution in [-0.2, 0) is 14.9 Å². The summed E-state index contributed by atoms with van der Waals surface area (Å²) in [5.41, 5.74) is 3.32. The van der Waals surface area contributed by atoms with Crippen LogP contribution in [0, 0.1) is 6.92 Å². The number of hydrogen-bond acceptors (Lipinski definition) is 4. The molecule has 22 heavy (non-hydrogen) atoms. The monoisotopic (exact) mass is 326 g/mol. The summed E-state index contributed by atoms with van der Waals surface area (Å²) >= 11 is 0. The fourth-order valence-electron chi connectivity index (χ4n) is 2.45. The molecule has 0 aromatic heterocycles. The lowest BCUT2D eigenvalue weighted by Gasteiger charge is -2.26. The summed E-state index contributed by atoms with van der Waals surface area (Å²) in [7, 11) is -3.54. The summed E-state index contributed by atoms with van der Waals surface area (Å²) in [6, 6.07) is 4.63. The Morgan fingerprint density at radius 2 is 1.95 bits per heavy atom. The van der Waals surface area contributed by atoms with E-state index < -0.39 is 15.9 Å². The number of rotatable bonds is 5. The molecule has 1 saturated heterocycles. The van der Waals surface area contributed by atoms with Crippen LogP contribution < -0.4 is 5.48 Å². The number of amides is 1. The average Bonchev–Trinajstić information content (AvgIpc) is 2.53. The molecule has 1 aliphatic rings. The van der Waals surface area contributed by atoms with Crippen LogP contribution in [0.25, 0.3) is 0 Å². The fourth-order valence-corrected chi connectivity index (χ4v) is 4.00. The van der Waals surface area contributed by atoms with Crippen LogP contribution >= 0.6 is 0 Å². The topological polar surface area (TPSA) is 75.7 Å². The Bertz CT molecular complexity index is 637. The molecular weight excluding hydrogens is 304 g/mol. The number of sulfonamides is 1. The minimum absolute atomic E-state index is 0.154. The van der Waals surface area contributed by atoms with Crippen LogP contribution in [0.3, 0.4) is 0 Å². The first kappa shape index (κ1) is 16.9. The smallest absolute Gasteiger partial charge is 0.274 e. The number of benzene rings is 1. The normalized spacial score (nSPS) is 16.5. The van der Waals surface area contributed by atoms with Gasteiger partial charge in [0.2, 0.25) is 10.0 Å². The Kier molecular flexibility index (Phi) is 5.55. The van der Waals surface area contributed by atoms with E-state index in [-0.39, 0.29) is 4.90 Å². The van der Waals surface area contributed by atoms with Gasteiger partial charge in [-0.25, -0.2) is 13.9 Å². The molecule has 0 saturated carbocycles. The van der Waals surface area contributed by atoms with Crippen molar-refractivity contribution in [3.05, 3.63) is 29.3 Å². The predicted molar refractivity (Wildman–Crippen MR) is 82.9 cm³/mol. The van der Waals surface area contributed by atoms with Gasteiger partial charge in [0, 0.05) is 18.7 Å². The van der Waals surface area contributed by atoms with E-state index in [9.17, 15) is 13.2 Å². The van der Waals surface area contributed by atoms with Crippen LogP contribution in [-0.4, -0.2) is 38.3 Å². The number of aryl methyl sites for hydroxylation is 1. The van der Waals surface area contributed by atoms with Gasteiger partial charge in [-0.15, -0.1) is 0 Å². The van der Waals surface area contributed by atoms with Crippen molar-refractivity contribution in [3.63, 3.8) is 0 Å². The predicted octanol–water partition coefficient (Wildman–Crippen LogP) is 1.85. The highest BCUT2D eigenvalue weighted by Crippen LogP contribution is 2.22. The Balaban J connectivity index is 2.30. The van der Waals surface area contributed by atoms with Crippen LogP contribution in [0.2, 0.25) is 0 Å². The summed E-state index contributed by atoms with van der Waals surface area (Å²) < 4.78 is 26.8. The molecule has 6 nitrogen and oxygen atoms in total. The lowest BCUT2D eigenvalue weighted by atomic mass is 10.1. The lowest BCUT2D eigenvalue weighted by molar-refractivity contribution is 0.0364. The third-order valence-electron chi connectivity index (χ3n) is 3.72. The van der Waals surface area contributed by atoms with Crippen molar-refractivity contribution in [2.24, 2.45) is 0 Å². The number of nitrogens with one attached hydrogen (secondary N) is 1. The molecule has 1 N–H and O–H groups in total. The van der Waals surface area contributed by atoms with Gasteiger partial charge in [-0.3, -0.25) is 9.63 Å². The van der Waals surface area contributed by atoms with Crippen molar-refractivity contribution < 1.29 is 18.0 Å². The van der Waals surface area contributed by atoms with Crippen LogP contribution in [0.15, 0.2) is 23.1 Å². The maximum atomic E-state index is 12.7. The maximum Gasteiger partial charge on any atom is 0.275 e. The number of hydroxylamine groups is 1. The molecule has 1 fully saturated rings. The molecule has 0 aliphatic carbocycles. The quantitative estimate of drug-likeness (QED) is 0.838. The molecule has 1 aromatic rings. The third kappa shape index (κ3) is 3.66. The van der Waals surface area contributed by atoms with Gasteiger partial charge in [0.25, 0.3) is 5.91 Å². The largest absolute Gasteiger partial charge is 0.275 e. The second-order valence-electron chi connectivity index (χ2n) is 5.31. The highest BCUT2D eigenvalue weighted by molar-refractivity contribution is 7.89. The average molecular weight is 326 g/mol. The molecule has 1 heterocycles. The molecule has 2 rings (SSSR count). The van der Waals surface area contributed by atoms with Gasteiger partial charge in [0.15, 0.2) is 0 Å². The van der Waals surface area contributed by atoms with E-state index in [1.165, 1.54) is 10.4 Å². The van der Waals surface area contributed by atoms with Crippen molar-refractivity contribution in [1.82, 2.24) is 9.79 Å². The van der Waals surface area contributed by atoms with Crippen molar-refractivity contribution >= 4 is 15.9 Å². The van der Waals surface area contributed by atoms with Gasteiger partial charge >= 0.3 is 0 Å². The van der Waals surface area contributed by atoms with Crippen molar-refractivity contribution in [1.29, 1.82) is 0 Å². The molecule has 7 heteroatoms. The summed E-state index contributed by atoms with van der Waals surface area (Å²) in [5.74, 6) is -0.435. The highest BCUT2D eigenvalue weighted by atomic mass is 32.2. The maximum absolute atomic E-state index is 12.7. The minimum atomic E-state index is -3.54. The van der Waals surface area contributed by atoms with Gasteiger partial charge in [0.05, 0.1) is 11.5 Å². The number of hydrogen-bond donors (Lipinski definition) is 1. The summed E-state index contributed by atoms with van der Waals surface area (Å²) in [6.45, 7) is 4.94. The number of carbonyl (C=O) groups excluding carboxylic acids is 1. The van der Waals surface area contributed by atoms with Crippen molar-refractivity contribution in [3.8, 4) is 0 Å². The Labute approximate surface area is 131 Å². The first-order valence-electron chi connectivity index (χ1n) is 7.49. The number of carbonyl (C=O) groups is 1. The second-order valence-corrected chi connectivity index (χ2v) is 7.24. The molecule has 0 unspecified atom stereocenters. The van der Waals surface area contributed by atoms with E-state index in [1.54, 1.807) is 26.0 Å². The van der Waals surface area contributed by atoms with Gasteiger partial charge in [-0.05, 0) is 44.4 Å². The van der Waals surface area contributed by atoms with Crippen molar-refractivity contribution in [2.75, 3.05) is 19.7 Å². The van der Waals surface area contributed by atoms with E-state index in [4.69, 9.17) is 4.84 Å². The first-order chi connectivity index (χ1) is 10.5. The molecule has 0 atom stereocenters. The zero-order valence-electron chi connectivity index (χ0n) is 13.0. The minimum Gasteiger partial charge on any atom is -0.274 e. The van der Waals surface area contributed by atoms with Gasteiger partial charge in [0.1, 0.15) is 0 Å². The van der Waals surface area contributed by atoms with E-state index in [1.807, 2.05) is 0 Å². The molecule has 1 aliphatic heterocycles. The van der Waals surface area contributed by atoms with E-state index in [0.717, 1.165) is 19.3 Å². The molecule has 0 radical (unpaired) electrons. The van der Waals surface area contributed by atoms with Crippen LogP contribution in [0.5, 0.6) is 0 Å².